The first-order chi connectivity index (χ1) is 20.5. The molecule has 4 rings (SSSR count). The van der Waals surface area contributed by atoms with E-state index < -0.39 is 60.3 Å². The fourth-order valence-corrected chi connectivity index (χ4v) is 5.71. The number of carbonyl (C=O) groups is 2. The highest BCUT2D eigenvalue weighted by atomic mass is 28.3. The first-order valence-electron chi connectivity index (χ1n) is 14.1. The highest BCUT2D eigenvalue weighted by Crippen LogP contribution is 2.39. The number of nitrogens with one attached hydrogen (secondary N) is 1. The lowest BCUT2D eigenvalue weighted by molar-refractivity contribution is -0.138. The number of rotatable bonds is 8. The van der Waals surface area contributed by atoms with Gasteiger partial charge in [-0.2, -0.15) is 13.2 Å². The Morgan fingerprint density at radius 2 is 1.89 bits per heavy atom. The van der Waals surface area contributed by atoms with Gasteiger partial charge >= 0.3 is 12.3 Å². The van der Waals surface area contributed by atoms with Gasteiger partial charge in [-0.05, 0) is 25.6 Å². The van der Waals surface area contributed by atoms with Crippen LogP contribution in [-0.4, -0.2) is 92.4 Å². The van der Waals surface area contributed by atoms with Crippen LogP contribution in [0.25, 0.3) is 5.57 Å². The minimum absolute atomic E-state index is 0.0331. The Bertz CT molecular complexity index is 1460. The lowest BCUT2D eigenvalue weighted by atomic mass is 10.0. The monoisotopic (exact) mass is 641 g/mol. The van der Waals surface area contributed by atoms with E-state index in [0.29, 0.717) is 31.7 Å². The van der Waals surface area contributed by atoms with Gasteiger partial charge < -0.3 is 29.9 Å². The fourth-order valence-electron chi connectivity index (χ4n) is 4.99. The van der Waals surface area contributed by atoms with Crippen LogP contribution in [0.4, 0.5) is 38.1 Å². The van der Waals surface area contributed by atoms with Crippen molar-refractivity contribution in [2.24, 2.45) is 0 Å². The number of piperazine rings is 1. The molecule has 1 unspecified atom stereocenters. The second-order valence-electron chi connectivity index (χ2n) is 12.3. The molecule has 2 aromatic rings. The zero-order valence-corrected chi connectivity index (χ0v) is 26.2. The molecule has 0 radical (unpaired) electrons. The Balaban J connectivity index is 1.74. The van der Waals surface area contributed by atoms with E-state index in [-0.39, 0.29) is 42.9 Å². The maximum Gasteiger partial charge on any atom is 0.417 e. The maximum absolute atomic E-state index is 16.3. The van der Waals surface area contributed by atoms with Crippen LogP contribution in [0.3, 0.4) is 0 Å². The van der Waals surface area contributed by atoms with Gasteiger partial charge in [-0.25, -0.2) is 18.6 Å². The summed E-state index contributed by atoms with van der Waals surface area (Å²) in [4.78, 5) is 33.4. The van der Waals surface area contributed by atoms with Gasteiger partial charge in [0.15, 0.2) is 5.82 Å². The lowest BCUT2D eigenvalue weighted by Gasteiger charge is -2.40. The molecule has 2 amide bonds. The quantitative estimate of drug-likeness (QED) is 0.275. The third-order valence-corrected chi connectivity index (χ3v) is 9.48. The minimum atomic E-state index is -4.97. The standard InChI is InChI=1S/C29H36F5N5O4Si/c1-17-15-38(9-8-37(17)2)22-13-21(30)24(18-6-7-39(16-18)28(41)42)25(31)26(22)36-27(40)19-14-35-23(12-20(19)29(32,33)34)43-10-11-44(3,4)5/h6,12-14,17H,7-11,15-16H2,1-5H3,(H,36,40)(H,41,42). The van der Waals surface area contributed by atoms with Gasteiger partial charge in [-0.15, -0.1) is 0 Å². The Morgan fingerprint density at radius 1 is 1.18 bits per heavy atom. The number of hydrogen-bond acceptors (Lipinski definition) is 6. The third-order valence-electron chi connectivity index (χ3n) is 7.78. The summed E-state index contributed by atoms with van der Waals surface area (Å²) in [7, 11) is 0.350. The van der Waals surface area contributed by atoms with Gasteiger partial charge in [0.2, 0.25) is 5.88 Å². The molecule has 240 valence electrons. The molecular formula is C29H36F5N5O4Si. The molecule has 0 saturated carbocycles. The van der Waals surface area contributed by atoms with E-state index in [0.717, 1.165) is 17.2 Å². The van der Waals surface area contributed by atoms with Crippen molar-refractivity contribution in [1.82, 2.24) is 14.8 Å². The number of pyridine rings is 1. The predicted octanol–water partition coefficient (Wildman–Crippen LogP) is 5.87. The highest BCUT2D eigenvalue weighted by Gasteiger charge is 2.37. The van der Waals surface area contributed by atoms with Crippen molar-refractivity contribution in [1.29, 1.82) is 0 Å². The van der Waals surface area contributed by atoms with E-state index in [4.69, 9.17) is 4.74 Å². The highest BCUT2D eigenvalue weighted by molar-refractivity contribution is 6.76. The average Bonchev–Trinajstić information content (AvgIpc) is 3.40. The lowest BCUT2D eigenvalue weighted by Crippen LogP contribution is -2.50. The van der Waals surface area contributed by atoms with Crippen molar-refractivity contribution in [3.05, 3.63) is 52.7 Å². The van der Waals surface area contributed by atoms with Gasteiger partial charge in [-0.1, -0.05) is 25.7 Å². The second kappa shape index (κ2) is 12.7. The summed E-state index contributed by atoms with van der Waals surface area (Å²) in [6.45, 7) is 9.10. The van der Waals surface area contributed by atoms with Crippen molar-refractivity contribution in [2.75, 3.05) is 56.6 Å². The molecule has 0 aliphatic carbocycles. The predicted molar refractivity (Wildman–Crippen MR) is 159 cm³/mol. The molecule has 2 N–H and O–H groups in total. The molecule has 0 bridgehead atoms. The maximum atomic E-state index is 16.3. The molecule has 3 heterocycles. The summed E-state index contributed by atoms with van der Waals surface area (Å²) in [5, 5.41) is 11.6. The van der Waals surface area contributed by atoms with Crippen LogP contribution in [0.1, 0.15) is 28.4 Å². The number of aromatic nitrogens is 1. The van der Waals surface area contributed by atoms with Gasteiger partial charge in [0.1, 0.15) is 11.5 Å². The molecule has 1 saturated heterocycles. The van der Waals surface area contributed by atoms with Crippen LogP contribution >= 0.6 is 0 Å². The van der Waals surface area contributed by atoms with Crippen LogP contribution in [0, 0.1) is 11.6 Å². The number of anilines is 2. The number of nitrogens with zero attached hydrogens (tertiary/aromatic N) is 4. The fraction of sp³-hybridized carbons (Fsp3) is 0.483. The van der Waals surface area contributed by atoms with E-state index >= 15 is 8.78 Å². The molecule has 1 atom stereocenters. The van der Waals surface area contributed by atoms with E-state index in [9.17, 15) is 27.9 Å². The van der Waals surface area contributed by atoms with Crippen molar-refractivity contribution in [3.8, 4) is 5.88 Å². The van der Waals surface area contributed by atoms with Crippen LogP contribution < -0.4 is 15.0 Å². The first-order valence-corrected chi connectivity index (χ1v) is 17.8. The molecule has 1 aromatic heterocycles. The molecule has 1 fully saturated rings. The zero-order valence-electron chi connectivity index (χ0n) is 25.2. The number of benzene rings is 1. The summed E-state index contributed by atoms with van der Waals surface area (Å²) in [5.41, 5.74) is -3.26. The summed E-state index contributed by atoms with van der Waals surface area (Å²) in [6.07, 6.45) is -4.17. The van der Waals surface area contributed by atoms with E-state index in [1.165, 1.54) is 6.08 Å². The molecule has 0 spiro atoms. The molecule has 9 nitrogen and oxygen atoms in total. The largest absolute Gasteiger partial charge is 0.478 e. The van der Waals surface area contributed by atoms with Crippen molar-refractivity contribution in [3.63, 3.8) is 0 Å². The number of alkyl halides is 3. The van der Waals surface area contributed by atoms with E-state index in [2.05, 4.69) is 29.9 Å². The molecule has 2 aliphatic rings. The SMILES string of the molecule is CC1CN(c2cc(F)c(C3=CCN(C(=O)O)C3)c(F)c2NC(=O)c2cnc(OCC[Si](C)(C)C)cc2C(F)(F)F)CCN1C. The summed E-state index contributed by atoms with van der Waals surface area (Å²) < 4.78 is 79.7. The number of likely N-dealkylation sites (N-methyl/N-ethyl adjacent to an activating group) is 1. The van der Waals surface area contributed by atoms with Gasteiger partial charge in [0, 0.05) is 65.2 Å². The second-order valence-corrected chi connectivity index (χ2v) is 17.9. The summed E-state index contributed by atoms with van der Waals surface area (Å²) in [6, 6.07) is 2.31. The molecule has 44 heavy (non-hydrogen) atoms. The van der Waals surface area contributed by atoms with Gasteiger partial charge in [0.25, 0.3) is 5.91 Å². The molecule has 15 heteroatoms. The summed E-state index contributed by atoms with van der Waals surface area (Å²) in [5.74, 6) is -3.80. The van der Waals surface area contributed by atoms with E-state index in [1.807, 2.05) is 18.9 Å². The molecular weight excluding hydrogens is 605 g/mol. The van der Waals surface area contributed by atoms with Crippen molar-refractivity contribution in [2.45, 2.75) is 44.8 Å². The van der Waals surface area contributed by atoms with Crippen molar-refractivity contribution < 1.29 is 41.4 Å². The van der Waals surface area contributed by atoms with Crippen molar-refractivity contribution >= 4 is 37.0 Å². The number of hydrogen-bond donors (Lipinski definition) is 2. The topological polar surface area (TPSA) is 98.2 Å². The molecule has 1 aromatic carbocycles. The summed E-state index contributed by atoms with van der Waals surface area (Å²) >= 11 is 0. The number of carboxylic acid groups (broad SMARTS) is 1. The Kier molecular flexibility index (Phi) is 9.59. The number of carbonyl (C=O) groups excluding carboxylic acids is 1. The Morgan fingerprint density at radius 3 is 2.48 bits per heavy atom. The zero-order chi connectivity index (χ0) is 32.6. The first kappa shape index (κ1) is 33.2. The smallest absolute Gasteiger partial charge is 0.417 e. The number of ether oxygens (including phenoxy) is 1. The van der Waals surface area contributed by atoms with Gasteiger partial charge in [0.05, 0.1) is 29.0 Å². The minimum Gasteiger partial charge on any atom is -0.478 e. The van der Waals surface area contributed by atoms with Crippen LogP contribution in [0.2, 0.25) is 25.7 Å². The van der Waals surface area contributed by atoms with Crippen LogP contribution in [0.5, 0.6) is 5.88 Å². The Hall–Kier alpha value is -3.72. The third kappa shape index (κ3) is 7.49. The molecule has 2 aliphatic heterocycles. The normalized spacial score (nSPS) is 18.0. The van der Waals surface area contributed by atoms with E-state index in [1.54, 1.807) is 4.90 Å². The number of amides is 2. The van der Waals surface area contributed by atoms with Crippen LogP contribution in [0.15, 0.2) is 24.4 Å². The van der Waals surface area contributed by atoms with Gasteiger partial charge in [-0.3, -0.25) is 4.79 Å². The Labute approximate surface area is 253 Å². The number of halogens is 5. The average molecular weight is 642 g/mol. The van der Waals surface area contributed by atoms with Crippen LogP contribution in [-0.2, 0) is 6.18 Å².